The minimum atomic E-state index is -0.395. The Morgan fingerprint density at radius 2 is 1.72 bits per heavy atom. The van der Waals surface area contributed by atoms with Crippen LogP contribution in [0.25, 0.3) is 0 Å². The molecule has 0 bridgehead atoms. The minimum Gasteiger partial charge on any atom is -0.465 e. The summed E-state index contributed by atoms with van der Waals surface area (Å²) < 4.78 is 4.77. The number of ether oxygens (including phenoxy) is 1. The van der Waals surface area contributed by atoms with Crippen LogP contribution in [0.2, 0.25) is 0 Å². The summed E-state index contributed by atoms with van der Waals surface area (Å²) in [5.74, 6) is -0.317. The molecule has 5 heteroatoms. The average molecular weight is 340 g/mol. The Kier molecular flexibility index (Phi) is 7.01. The van der Waals surface area contributed by atoms with Gasteiger partial charge in [0.15, 0.2) is 0 Å². The number of para-hydroxylation sites is 1. The molecule has 0 aliphatic carbocycles. The summed E-state index contributed by atoms with van der Waals surface area (Å²) in [6.45, 7) is 3.69. The maximum absolute atomic E-state index is 12.4. The highest BCUT2D eigenvalue weighted by Crippen LogP contribution is 2.16. The van der Waals surface area contributed by atoms with E-state index in [0.717, 1.165) is 5.56 Å². The number of nitrogens with one attached hydrogen (secondary N) is 1. The van der Waals surface area contributed by atoms with Crippen LogP contribution in [0.5, 0.6) is 0 Å². The van der Waals surface area contributed by atoms with Gasteiger partial charge >= 0.3 is 5.97 Å². The minimum absolute atomic E-state index is 0.0782. The van der Waals surface area contributed by atoms with Gasteiger partial charge in [-0.1, -0.05) is 42.5 Å². The third-order valence-electron chi connectivity index (χ3n) is 3.94. The Labute approximate surface area is 148 Å². The van der Waals surface area contributed by atoms with E-state index in [0.29, 0.717) is 37.3 Å². The van der Waals surface area contributed by atoms with Crippen molar-refractivity contribution >= 4 is 17.6 Å². The van der Waals surface area contributed by atoms with Gasteiger partial charge < -0.3 is 15.0 Å². The molecule has 0 atom stereocenters. The number of hydrogen-bond donors (Lipinski definition) is 1. The monoisotopic (exact) mass is 340 g/mol. The zero-order valence-electron chi connectivity index (χ0n) is 14.7. The molecule has 2 aromatic rings. The Hall–Kier alpha value is -2.82. The molecule has 0 spiro atoms. The summed E-state index contributed by atoms with van der Waals surface area (Å²) in [6.07, 6.45) is 0.357. The van der Waals surface area contributed by atoms with E-state index in [-0.39, 0.29) is 5.91 Å². The van der Waals surface area contributed by atoms with Gasteiger partial charge in [-0.05, 0) is 24.6 Å². The predicted molar refractivity (Wildman–Crippen MR) is 98.4 cm³/mol. The number of esters is 1. The van der Waals surface area contributed by atoms with Gasteiger partial charge in [0.1, 0.15) is 0 Å². The van der Waals surface area contributed by atoms with Crippen molar-refractivity contribution in [2.24, 2.45) is 0 Å². The van der Waals surface area contributed by atoms with Crippen LogP contribution in [-0.4, -0.2) is 37.0 Å². The second-order valence-electron chi connectivity index (χ2n) is 5.61. The van der Waals surface area contributed by atoms with E-state index >= 15 is 0 Å². The molecule has 0 radical (unpaired) electrons. The molecule has 0 aromatic heterocycles. The number of nitrogens with zero attached hydrogens (tertiary/aromatic N) is 1. The third kappa shape index (κ3) is 5.35. The molecule has 0 heterocycles. The predicted octanol–water partition coefficient (Wildman–Crippen LogP) is 3.32. The Morgan fingerprint density at radius 1 is 1.04 bits per heavy atom. The van der Waals surface area contributed by atoms with E-state index in [1.165, 1.54) is 7.11 Å². The molecule has 0 aliphatic heterocycles. The van der Waals surface area contributed by atoms with Crippen molar-refractivity contribution < 1.29 is 14.3 Å². The van der Waals surface area contributed by atoms with E-state index in [2.05, 4.69) is 5.32 Å². The first-order chi connectivity index (χ1) is 12.2. The molecule has 1 N–H and O–H groups in total. The number of amides is 1. The zero-order chi connectivity index (χ0) is 18.1. The molecule has 0 saturated heterocycles. The van der Waals surface area contributed by atoms with E-state index in [1.807, 2.05) is 48.2 Å². The lowest BCUT2D eigenvalue weighted by Gasteiger charge is -2.21. The van der Waals surface area contributed by atoms with Crippen LogP contribution in [0.1, 0.15) is 29.3 Å². The first kappa shape index (κ1) is 18.5. The van der Waals surface area contributed by atoms with Gasteiger partial charge in [0, 0.05) is 31.7 Å². The molecule has 5 nitrogen and oxygen atoms in total. The smallest absolute Gasteiger partial charge is 0.339 e. The third-order valence-corrected chi connectivity index (χ3v) is 3.94. The van der Waals surface area contributed by atoms with Crippen LogP contribution < -0.4 is 5.32 Å². The molecule has 0 aliphatic rings. The average Bonchev–Trinajstić information content (AvgIpc) is 2.66. The van der Waals surface area contributed by atoms with Crippen LogP contribution in [0.4, 0.5) is 5.69 Å². The number of anilines is 1. The van der Waals surface area contributed by atoms with Crippen LogP contribution in [0.15, 0.2) is 54.6 Å². The summed E-state index contributed by atoms with van der Waals surface area (Å²) in [6, 6.07) is 17.1. The first-order valence-electron chi connectivity index (χ1n) is 8.38. The second kappa shape index (κ2) is 9.47. The van der Waals surface area contributed by atoms with Gasteiger partial charge in [0.2, 0.25) is 5.91 Å². The number of benzene rings is 2. The maximum Gasteiger partial charge on any atom is 0.339 e. The highest BCUT2D eigenvalue weighted by molar-refractivity contribution is 5.95. The molecule has 132 valence electrons. The summed E-state index contributed by atoms with van der Waals surface area (Å²) in [4.78, 5) is 26.0. The lowest BCUT2D eigenvalue weighted by atomic mass is 10.1. The van der Waals surface area contributed by atoms with Crippen molar-refractivity contribution in [3.63, 3.8) is 0 Å². The van der Waals surface area contributed by atoms with Gasteiger partial charge in [-0.15, -0.1) is 0 Å². The molecular formula is C20H24N2O3. The van der Waals surface area contributed by atoms with Crippen molar-refractivity contribution in [3.05, 3.63) is 65.7 Å². The number of carbonyl (C=O) groups is 2. The highest BCUT2D eigenvalue weighted by atomic mass is 16.5. The van der Waals surface area contributed by atoms with Crippen molar-refractivity contribution in [1.29, 1.82) is 0 Å². The van der Waals surface area contributed by atoms with Crippen LogP contribution in [0.3, 0.4) is 0 Å². The number of carbonyl (C=O) groups excluding carboxylic acids is 2. The standard InChI is InChI=1S/C20H24N2O3/c1-3-22(15-16-9-5-4-6-10-16)19(23)13-14-21-18-12-8-7-11-17(18)20(24)25-2/h4-12,21H,3,13-15H2,1-2H3. The highest BCUT2D eigenvalue weighted by Gasteiger charge is 2.14. The first-order valence-corrected chi connectivity index (χ1v) is 8.38. The summed E-state index contributed by atoms with van der Waals surface area (Å²) in [7, 11) is 1.35. The van der Waals surface area contributed by atoms with Gasteiger partial charge in [-0.25, -0.2) is 4.79 Å². The van der Waals surface area contributed by atoms with Gasteiger partial charge in [0.25, 0.3) is 0 Å². The normalized spacial score (nSPS) is 10.2. The fourth-order valence-electron chi connectivity index (χ4n) is 2.57. The number of hydrogen-bond acceptors (Lipinski definition) is 4. The molecule has 25 heavy (non-hydrogen) atoms. The van der Waals surface area contributed by atoms with E-state index < -0.39 is 5.97 Å². The van der Waals surface area contributed by atoms with Crippen LogP contribution in [-0.2, 0) is 16.1 Å². The maximum atomic E-state index is 12.4. The molecular weight excluding hydrogens is 316 g/mol. The van der Waals surface area contributed by atoms with Gasteiger partial charge in [0.05, 0.1) is 12.7 Å². The van der Waals surface area contributed by atoms with E-state index in [4.69, 9.17) is 4.74 Å². The molecule has 1 amide bonds. The van der Waals surface area contributed by atoms with Crippen molar-refractivity contribution in [3.8, 4) is 0 Å². The lowest BCUT2D eigenvalue weighted by molar-refractivity contribution is -0.131. The van der Waals surface area contributed by atoms with Crippen molar-refractivity contribution in [2.75, 3.05) is 25.5 Å². The van der Waals surface area contributed by atoms with Crippen LogP contribution >= 0.6 is 0 Å². The Bertz CT molecular complexity index is 701. The Morgan fingerprint density at radius 3 is 2.40 bits per heavy atom. The molecule has 0 fully saturated rings. The van der Waals surface area contributed by atoms with Crippen molar-refractivity contribution in [1.82, 2.24) is 4.90 Å². The SMILES string of the molecule is CCN(Cc1ccccc1)C(=O)CCNc1ccccc1C(=O)OC. The number of rotatable bonds is 8. The van der Waals surface area contributed by atoms with Gasteiger partial charge in [-0.2, -0.15) is 0 Å². The van der Waals surface area contributed by atoms with Gasteiger partial charge in [-0.3, -0.25) is 4.79 Å². The molecule has 0 unspecified atom stereocenters. The van der Waals surface area contributed by atoms with E-state index in [9.17, 15) is 9.59 Å². The molecule has 2 aromatic carbocycles. The summed E-state index contributed by atoms with van der Waals surface area (Å²) >= 11 is 0. The lowest BCUT2D eigenvalue weighted by Crippen LogP contribution is -2.31. The van der Waals surface area contributed by atoms with Crippen LogP contribution in [0, 0.1) is 0 Å². The van der Waals surface area contributed by atoms with E-state index in [1.54, 1.807) is 18.2 Å². The molecule has 0 saturated carbocycles. The number of methoxy groups -OCH3 is 1. The quantitative estimate of drug-likeness (QED) is 0.749. The second-order valence-corrected chi connectivity index (χ2v) is 5.61. The molecule has 2 rings (SSSR count). The fourth-order valence-corrected chi connectivity index (χ4v) is 2.57. The Balaban J connectivity index is 1.90. The fraction of sp³-hybridized carbons (Fsp3) is 0.300. The van der Waals surface area contributed by atoms with Crippen molar-refractivity contribution in [2.45, 2.75) is 19.9 Å². The summed E-state index contributed by atoms with van der Waals surface area (Å²) in [5, 5.41) is 3.15. The zero-order valence-corrected chi connectivity index (χ0v) is 14.7. The topological polar surface area (TPSA) is 58.6 Å². The summed E-state index contributed by atoms with van der Waals surface area (Å²) in [5.41, 5.74) is 2.25. The largest absolute Gasteiger partial charge is 0.465 e.